The minimum Gasteiger partial charge on any atom is -0.494 e. The molecule has 3 aromatic rings. The summed E-state index contributed by atoms with van der Waals surface area (Å²) < 4.78 is 59.5. The topological polar surface area (TPSA) is 39.9 Å². The van der Waals surface area contributed by atoms with Crippen molar-refractivity contribution in [2.75, 3.05) is 7.11 Å². The van der Waals surface area contributed by atoms with Crippen LogP contribution in [-0.2, 0) is 12.6 Å². The van der Waals surface area contributed by atoms with Crippen LogP contribution in [0.1, 0.15) is 54.4 Å². The number of hydrogen-bond acceptors (Lipinski definition) is 3. The van der Waals surface area contributed by atoms with Gasteiger partial charge in [-0.15, -0.1) is 0 Å². The number of aromatic nitrogens is 3. The Balaban J connectivity index is 1.46. The van der Waals surface area contributed by atoms with Crippen molar-refractivity contribution in [1.82, 2.24) is 14.8 Å². The zero-order valence-electron chi connectivity index (χ0n) is 16.9. The highest BCUT2D eigenvalue weighted by Crippen LogP contribution is 2.66. The molecule has 1 spiro atoms. The van der Waals surface area contributed by atoms with E-state index in [2.05, 4.69) is 5.10 Å². The van der Waals surface area contributed by atoms with Crippen molar-refractivity contribution in [2.45, 2.75) is 44.2 Å². The van der Waals surface area contributed by atoms with Gasteiger partial charge in [-0.2, -0.15) is 18.3 Å². The zero-order valence-corrected chi connectivity index (χ0v) is 16.9. The Labute approximate surface area is 176 Å². The van der Waals surface area contributed by atoms with Crippen LogP contribution in [0.4, 0.5) is 17.6 Å². The van der Waals surface area contributed by atoms with Crippen molar-refractivity contribution >= 4 is 0 Å². The summed E-state index contributed by atoms with van der Waals surface area (Å²) in [4.78, 5) is 4.72. The van der Waals surface area contributed by atoms with Crippen molar-refractivity contribution < 1.29 is 22.3 Å². The van der Waals surface area contributed by atoms with Gasteiger partial charge in [0, 0.05) is 12.3 Å². The molecular weight excluding hydrogens is 410 g/mol. The largest absolute Gasteiger partial charge is 0.494 e. The molecule has 2 aromatic carbocycles. The third kappa shape index (κ3) is 3.79. The molecule has 0 aliphatic heterocycles. The summed E-state index contributed by atoms with van der Waals surface area (Å²) in [6.07, 6.45) is 0.455. The number of halogens is 4. The van der Waals surface area contributed by atoms with E-state index >= 15 is 0 Å². The molecule has 2 aliphatic carbocycles. The maximum Gasteiger partial charge on any atom is 0.416 e. The smallest absolute Gasteiger partial charge is 0.416 e. The highest BCUT2D eigenvalue weighted by Gasteiger charge is 2.54. The second-order valence-corrected chi connectivity index (χ2v) is 8.59. The van der Waals surface area contributed by atoms with Gasteiger partial charge in [-0.25, -0.2) is 14.1 Å². The molecule has 0 unspecified atom stereocenters. The number of hydrogen-bond donors (Lipinski definition) is 0. The Kier molecular flexibility index (Phi) is 4.57. The van der Waals surface area contributed by atoms with Crippen LogP contribution in [0.5, 0.6) is 5.75 Å². The number of nitrogens with zero attached hydrogens (tertiary/aromatic N) is 3. The fourth-order valence-electron chi connectivity index (χ4n) is 4.44. The van der Waals surface area contributed by atoms with Gasteiger partial charge in [-0.05, 0) is 73.1 Å². The Morgan fingerprint density at radius 3 is 2.39 bits per heavy atom. The van der Waals surface area contributed by atoms with E-state index in [-0.39, 0.29) is 11.7 Å². The van der Waals surface area contributed by atoms with Crippen molar-refractivity contribution in [1.29, 1.82) is 0 Å². The molecule has 0 amide bonds. The van der Waals surface area contributed by atoms with E-state index < -0.39 is 17.6 Å². The molecular formula is C23H21F4N3O. The number of benzene rings is 2. The summed E-state index contributed by atoms with van der Waals surface area (Å²) >= 11 is 0. The molecule has 0 N–H and O–H groups in total. The lowest BCUT2D eigenvalue weighted by atomic mass is 9.71. The molecule has 5 rings (SSSR count). The molecule has 8 heteroatoms. The van der Waals surface area contributed by atoms with Gasteiger partial charge < -0.3 is 4.74 Å². The number of ether oxygens (including phenoxy) is 1. The van der Waals surface area contributed by atoms with E-state index in [0.29, 0.717) is 28.9 Å². The second kappa shape index (κ2) is 7.07. The van der Waals surface area contributed by atoms with Crippen LogP contribution in [0, 0.1) is 11.2 Å². The Hall–Kier alpha value is -2.90. The standard InChI is InChI=1S/C23H21F4N3O/c1-31-19-7-2-14(10-18(19)24)11-20-28-21(15-12-22(13-15)8-9-22)30(29-20)17-5-3-16(4-6-17)23(25,26)27/h2-7,10,15H,8-9,11-13H2,1H3. The monoisotopic (exact) mass is 431 g/mol. The molecule has 2 saturated carbocycles. The van der Waals surface area contributed by atoms with Crippen LogP contribution in [-0.4, -0.2) is 21.9 Å². The van der Waals surface area contributed by atoms with Crippen molar-refractivity contribution in [3.8, 4) is 11.4 Å². The maximum atomic E-state index is 14.1. The molecule has 1 heterocycles. The van der Waals surface area contributed by atoms with Crippen molar-refractivity contribution in [3.05, 3.63) is 71.1 Å². The first kappa shape index (κ1) is 20.0. The lowest BCUT2D eigenvalue weighted by Gasteiger charge is -2.35. The summed E-state index contributed by atoms with van der Waals surface area (Å²) in [5, 5.41) is 4.58. The summed E-state index contributed by atoms with van der Waals surface area (Å²) in [6, 6.07) is 9.65. The fraction of sp³-hybridized carbons (Fsp3) is 0.391. The van der Waals surface area contributed by atoms with E-state index in [1.807, 2.05) is 0 Å². The van der Waals surface area contributed by atoms with Crippen LogP contribution >= 0.6 is 0 Å². The summed E-state index contributed by atoms with van der Waals surface area (Å²) in [7, 11) is 1.41. The molecule has 162 valence electrons. The van der Waals surface area contributed by atoms with Gasteiger partial charge in [0.1, 0.15) is 5.82 Å². The molecule has 2 aliphatic rings. The normalized spacial score (nSPS) is 17.6. The third-order valence-electron chi connectivity index (χ3n) is 6.37. The lowest BCUT2D eigenvalue weighted by molar-refractivity contribution is -0.137. The van der Waals surface area contributed by atoms with Gasteiger partial charge in [-0.3, -0.25) is 0 Å². The molecule has 0 atom stereocenters. The van der Waals surface area contributed by atoms with Crippen LogP contribution in [0.2, 0.25) is 0 Å². The Morgan fingerprint density at radius 2 is 1.81 bits per heavy atom. The van der Waals surface area contributed by atoms with Gasteiger partial charge in [0.05, 0.1) is 18.4 Å². The SMILES string of the molecule is COc1ccc(Cc2nc(C3CC4(CC4)C3)n(-c3ccc(C(F)(F)F)cc3)n2)cc1F. The fourth-order valence-corrected chi connectivity index (χ4v) is 4.44. The van der Waals surface area contributed by atoms with E-state index in [4.69, 9.17) is 9.72 Å². The lowest BCUT2D eigenvalue weighted by Crippen LogP contribution is -2.26. The van der Waals surface area contributed by atoms with E-state index in [1.54, 1.807) is 16.8 Å². The van der Waals surface area contributed by atoms with Crippen molar-refractivity contribution in [2.24, 2.45) is 5.41 Å². The van der Waals surface area contributed by atoms with Crippen molar-refractivity contribution in [3.63, 3.8) is 0 Å². The molecule has 31 heavy (non-hydrogen) atoms. The van der Waals surface area contributed by atoms with E-state index in [1.165, 1.54) is 38.2 Å². The molecule has 0 bridgehead atoms. The van der Waals surface area contributed by atoms with E-state index in [0.717, 1.165) is 30.8 Å². The highest BCUT2D eigenvalue weighted by molar-refractivity contribution is 5.37. The van der Waals surface area contributed by atoms with Gasteiger partial charge in [0.2, 0.25) is 0 Å². The molecule has 1 aromatic heterocycles. The zero-order chi connectivity index (χ0) is 21.8. The molecule has 0 radical (unpaired) electrons. The van der Waals surface area contributed by atoms with Crippen LogP contribution < -0.4 is 4.74 Å². The predicted molar refractivity (Wildman–Crippen MR) is 106 cm³/mol. The quantitative estimate of drug-likeness (QED) is 0.488. The first-order valence-corrected chi connectivity index (χ1v) is 10.2. The average molecular weight is 431 g/mol. The second-order valence-electron chi connectivity index (χ2n) is 8.59. The minimum absolute atomic E-state index is 0.164. The number of methoxy groups -OCH3 is 1. The number of alkyl halides is 3. The highest BCUT2D eigenvalue weighted by atomic mass is 19.4. The third-order valence-corrected chi connectivity index (χ3v) is 6.37. The molecule has 2 fully saturated rings. The molecule has 0 saturated heterocycles. The Bertz CT molecular complexity index is 1110. The summed E-state index contributed by atoms with van der Waals surface area (Å²) in [5.41, 5.74) is 0.981. The van der Waals surface area contributed by atoms with Gasteiger partial charge in [0.25, 0.3) is 0 Å². The maximum absolute atomic E-state index is 14.1. The van der Waals surface area contributed by atoms with Gasteiger partial charge >= 0.3 is 6.18 Å². The van der Waals surface area contributed by atoms with Gasteiger partial charge in [-0.1, -0.05) is 6.07 Å². The summed E-state index contributed by atoms with van der Waals surface area (Å²) in [6.45, 7) is 0. The Morgan fingerprint density at radius 1 is 1.10 bits per heavy atom. The van der Waals surface area contributed by atoms with Crippen LogP contribution in [0.25, 0.3) is 5.69 Å². The van der Waals surface area contributed by atoms with Gasteiger partial charge in [0.15, 0.2) is 17.4 Å². The van der Waals surface area contributed by atoms with Crippen LogP contribution in [0.15, 0.2) is 42.5 Å². The molecule has 4 nitrogen and oxygen atoms in total. The first-order valence-electron chi connectivity index (χ1n) is 10.2. The average Bonchev–Trinajstić information content (AvgIpc) is 3.41. The number of rotatable bonds is 5. The van der Waals surface area contributed by atoms with E-state index in [9.17, 15) is 17.6 Å². The minimum atomic E-state index is -4.39. The van der Waals surface area contributed by atoms with Crippen LogP contribution in [0.3, 0.4) is 0 Å². The predicted octanol–water partition coefficient (Wildman–Crippen LogP) is 5.68. The first-order chi connectivity index (χ1) is 14.8. The summed E-state index contributed by atoms with van der Waals surface area (Å²) in [5.74, 6) is 1.21.